The first-order valence-corrected chi connectivity index (χ1v) is 8.80. The van der Waals surface area contributed by atoms with Crippen LogP contribution in [0.3, 0.4) is 0 Å². The van der Waals surface area contributed by atoms with Crippen LogP contribution >= 0.6 is 0 Å². The highest BCUT2D eigenvalue weighted by molar-refractivity contribution is 5.85. The molecule has 0 fully saturated rings. The van der Waals surface area contributed by atoms with Gasteiger partial charge in [0.2, 0.25) is 5.95 Å². The van der Waals surface area contributed by atoms with Crippen molar-refractivity contribution in [2.75, 3.05) is 26.8 Å². The predicted octanol–water partition coefficient (Wildman–Crippen LogP) is 2.78. The lowest BCUT2D eigenvalue weighted by atomic mass is 10.1. The highest BCUT2D eigenvalue weighted by atomic mass is 16.5. The Morgan fingerprint density at radius 3 is 2.37 bits per heavy atom. The first kappa shape index (κ1) is 20.4. The maximum absolute atomic E-state index is 12.3. The molecule has 0 unspecified atom stereocenters. The molecule has 3 aromatic rings. The molecule has 0 aliphatic rings. The van der Waals surface area contributed by atoms with Crippen LogP contribution in [0.2, 0.25) is 0 Å². The maximum Gasteiger partial charge on any atom is 0.270 e. The van der Waals surface area contributed by atoms with Gasteiger partial charge in [-0.3, -0.25) is 9.78 Å². The number of methoxy groups -OCH3 is 3. The number of aromatic nitrogens is 2. The molecular formula is C21H19N5O4. The number of nitrogens with one attached hydrogen (secondary N) is 2. The van der Waals surface area contributed by atoms with E-state index < -0.39 is 5.56 Å². The van der Waals surface area contributed by atoms with E-state index in [1.165, 1.54) is 27.5 Å². The quantitative estimate of drug-likeness (QED) is 0.458. The molecule has 0 atom stereocenters. The number of rotatable bonds is 7. The van der Waals surface area contributed by atoms with Crippen molar-refractivity contribution in [2.24, 2.45) is 5.10 Å². The molecule has 0 bridgehead atoms. The molecule has 0 saturated heterocycles. The van der Waals surface area contributed by atoms with Gasteiger partial charge in [-0.15, -0.1) is 0 Å². The average Bonchev–Trinajstić information content (AvgIpc) is 2.78. The van der Waals surface area contributed by atoms with Crippen molar-refractivity contribution in [2.45, 2.75) is 0 Å². The summed E-state index contributed by atoms with van der Waals surface area (Å²) in [6.07, 6.45) is 1.49. The van der Waals surface area contributed by atoms with Gasteiger partial charge < -0.3 is 14.2 Å². The normalized spacial score (nSPS) is 10.5. The van der Waals surface area contributed by atoms with Gasteiger partial charge in [-0.1, -0.05) is 30.3 Å². The third kappa shape index (κ3) is 4.23. The van der Waals surface area contributed by atoms with Crippen molar-refractivity contribution in [1.82, 2.24) is 9.97 Å². The van der Waals surface area contributed by atoms with Gasteiger partial charge in [-0.2, -0.15) is 10.4 Å². The topological polar surface area (TPSA) is 122 Å². The van der Waals surface area contributed by atoms with Gasteiger partial charge >= 0.3 is 0 Å². The van der Waals surface area contributed by atoms with Gasteiger partial charge in [-0.25, -0.2) is 10.4 Å². The lowest BCUT2D eigenvalue weighted by molar-refractivity contribution is 0.349. The smallest absolute Gasteiger partial charge is 0.270 e. The Bertz CT molecular complexity index is 1170. The lowest BCUT2D eigenvalue weighted by Gasteiger charge is -2.11. The number of nitrogens with zero attached hydrogens (tertiary/aromatic N) is 3. The first-order chi connectivity index (χ1) is 14.6. The second kappa shape index (κ2) is 9.25. The van der Waals surface area contributed by atoms with Gasteiger partial charge in [-0.05, 0) is 6.07 Å². The second-order valence-corrected chi connectivity index (χ2v) is 5.94. The van der Waals surface area contributed by atoms with Gasteiger partial charge in [0.25, 0.3) is 5.56 Å². The minimum absolute atomic E-state index is 0.0720. The van der Waals surface area contributed by atoms with Crippen LogP contribution in [0.4, 0.5) is 5.95 Å². The molecule has 30 heavy (non-hydrogen) atoms. The summed E-state index contributed by atoms with van der Waals surface area (Å²) < 4.78 is 15.9. The zero-order chi connectivity index (χ0) is 21.5. The lowest BCUT2D eigenvalue weighted by Crippen LogP contribution is -2.16. The summed E-state index contributed by atoms with van der Waals surface area (Å²) in [5, 5.41) is 13.4. The van der Waals surface area contributed by atoms with E-state index in [4.69, 9.17) is 14.2 Å². The monoisotopic (exact) mass is 405 g/mol. The molecule has 2 aromatic carbocycles. The van der Waals surface area contributed by atoms with Crippen LogP contribution in [-0.2, 0) is 0 Å². The summed E-state index contributed by atoms with van der Waals surface area (Å²) in [5.74, 6) is 1.64. The van der Waals surface area contributed by atoms with Crippen LogP contribution in [0.1, 0.15) is 11.1 Å². The van der Waals surface area contributed by atoms with E-state index in [1.54, 1.807) is 36.4 Å². The predicted molar refractivity (Wildman–Crippen MR) is 112 cm³/mol. The number of nitriles is 1. The molecule has 152 valence electrons. The van der Waals surface area contributed by atoms with E-state index in [0.29, 0.717) is 28.4 Å². The molecule has 1 heterocycles. The first-order valence-electron chi connectivity index (χ1n) is 8.80. The summed E-state index contributed by atoms with van der Waals surface area (Å²) in [4.78, 5) is 19.1. The maximum atomic E-state index is 12.3. The van der Waals surface area contributed by atoms with Gasteiger partial charge in [0, 0.05) is 17.2 Å². The van der Waals surface area contributed by atoms with Crippen molar-refractivity contribution < 1.29 is 14.2 Å². The van der Waals surface area contributed by atoms with E-state index in [9.17, 15) is 10.1 Å². The summed E-state index contributed by atoms with van der Waals surface area (Å²) in [6.45, 7) is 0. The number of aromatic amines is 1. The number of anilines is 1. The standard InChI is InChI=1S/C21H19N5O4/c1-28-16-10-18(30-3)17(29-2)9-14(16)12-23-26-21-24-19(13-7-5-4-6-8-13)15(11-22)20(27)25-21/h4-10,12H,1-3H3,(H2,24,25,26,27). The third-order valence-electron chi connectivity index (χ3n) is 4.19. The number of benzene rings is 2. The molecule has 0 amide bonds. The molecular weight excluding hydrogens is 386 g/mol. The van der Waals surface area contributed by atoms with Crippen LogP contribution < -0.4 is 25.2 Å². The summed E-state index contributed by atoms with van der Waals surface area (Å²) in [7, 11) is 4.58. The van der Waals surface area contributed by atoms with E-state index >= 15 is 0 Å². The fourth-order valence-corrected chi connectivity index (χ4v) is 2.75. The molecule has 0 radical (unpaired) electrons. The molecule has 9 nitrogen and oxygen atoms in total. The minimum atomic E-state index is -0.562. The Balaban J connectivity index is 1.93. The van der Waals surface area contributed by atoms with Gasteiger partial charge in [0.15, 0.2) is 11.5 Å². The second-order valence-electron chi connectivity index (χ2n) is 5.94. The zero-order valence-electron chi connectivity index (χ0n) is 16.6. The van der Waals surface area contributed by atoms with Crippen LogP contribution in [0.15, 0.2) is 52.4 Å². The van der Waals surface area contributed by atoms with Gasteiger partial charge in [0.05, 0.1) is 33.2 Å². The molecule has 1 aromatic heterocycles. The van der Waals surface area contributed by atoms with E-state index in [0.717, 1.165) is 0 Å². The van der Waals surface area contributed by atoms with Crippen LogP contribution in [0, 0.1) is 11.3 Å². The van der Waals surface area contributed by atoms with Crippen molar-refractivity contribution in [1.29, 1.82) is 5.26 Å². The third-order valence-corrected chi connectivity index (χ3v) is 4.19. The van der Waals surface area contributed by atoms with Crippen molar-refractivity contribution in [3.63, 3.8) is 0 Å². The zero-order valence-corrected chi connectivity index (χ0v) is 16.6. The van der Waals surface area contributed by atoms with Crippen molar-refractivity contribution in [3.8, 4) is 34.6 Å². The molecule has 0 aliphatic carbocycles. The fraction of sp³-hybridized carbons (Fsp3) is 0.143. The number of H-pyrrole nitrogens is 1. The Hall–Kier alpha value is -4.32. The van der Waals surface area contributed by atoms with E-state index in [-0.39, 0.29) is 17.2 Å². The van der Waals surface area contributed by atoms with Crippen LogP contribution in [0.5, 0.6) is 17.2 Å². The average molecular weight is 405 g/mol. The van der Waals surface area contributed by atoms with Crippen LogP contribution in [-0.4, -0.2) is 37.5 Å². The number of hydrogen-bond donors (Lipinski definition) is 2. The summed E-state index contributed by atoms with van der Waals surface area (Å²) >= 11 is 0. The highest BCUT2D eigenvalue weighted by Crippen LogP contribution is 2.33. The Morgan fingerprint density at radius 2 is 1.73 bits per heavy atom. The molecule has 2 N–H and O–H groups in total. The Kier molecular flexibility index (Phi) is 6.29. The van der Waals surface area contributed by atoms with Crippen molar-refractivity contribution in [3.05, 3.63) is 63.9 Å². The number of hydrazone groups is 1. The fourth-order valence-electron chi connectivity index (χ4n) is 2.75. The van der Waals surface area contributed by atoms with Crippen LogP contribution in [0.25, 0.3) is 11.3 Å². The summed E-state index contributed by atoms with van der Waals surface area (Å²) in [5.41, 5.74) is 3.57. The Labute approximate surface area is 172 Å². The van der Waals surface area contributed by atoms with E-state index in [2.05, 4.69) is 20.5 Å². The van der Waals surface area contributed by atoms with Crippen molar-refractivity contribution >= 4 is 12.2 Å². The molecule has 0 aliphatic heterocycles. The number of hydrogen-bond acceptors (Lipinski definition) is 8. The Morgan fingerprint density at radius 1 is 1.07 bits per heavy atom. The molecule has 0 saturated carbocycles. The number of ether oxygens (including phenoxy) is 3. The molecule has 0 spiro atoms. The summed E-state index contributed by atoms with van der Waals surface area (Å²) in [6, 6.07) is 14.2. The largest absolute Gasteiger partial charge is 0.496 e. The molecule has 3 rings (SSSR count). The molecule has 9 heteroatoms. The minimum Gasteiger partial charge on any atom is -0.496 e. The SMILES string of the molecule is COc1cc(OC)c(OC)cc1C=NNc1nc(-c2ccccc2)c(C#N)c(=O)[nH]1. The highest BCUT2D eigenvalue weighted by Gasteiger charge is 2.13. The van der Waals surface area contributed by atoms with Gasteiger partial charge in [0.1, 0.15) is 17.4 Å². The van der Waals surface area contributed by atoms with E-state index in [1.807, 2.05) is 12.1 Å².